The summed E-state index contributed by atoms with van der Waals surface area (Å²) in [5, 5.41) is 0.620. The van der Waals surface area contributed by atoms with Crippen molar-refractivity contribution in [3.05, 3.63) is 54.1 Å². The molecule has 7 heteroatoms. The van der Waals surface area contributed by atoms with Crippen LogP contribution >= 0.6 is 11.8 Å². The van der Waals surface area contributed by atoms with Crippen LogP contribution in [0.2, 0.25) is 0 Å². The lowest BCUT2D eigenvalue weighted by Crippen LogP contribution is -2.38. The molecule has 0 amide bonds. The Morgan fingerprint density at radius 2 is 1.79 bits per heavy atom. The van der Waals surface area contributed by atoms with Crippen LogP contribution in [0, 0.1) is 0 Å². The van der Waals surface area contributed by atoms with Gasteiger partial charge in [-0.1, -0.05) is 55.3 Å². The third-order valence-electron chi connectivity index (χ3n) is 5.33. The minimum Gasteiger partial charge on any atom is -0.431 e. The highest BCUT2D eigenvalue weighted by Crippen LogP contribution is 2.28. The molecule has 0 saturated heterocycles. The van der Waals surface area contributed by atoms with Gasteiger partial charge in [0.15, 0.2) is 5.58 Å². The SMILES string of the molecule is CN(C1CCCCC1)S(=O)(=O)c1ccc(CSc2nc3ccccc3o2)cc1. The number of thioether (sulfide) groups is 1. The fraction of sp³-hybridized carbons (Fsp3) is 0.381. The zero-order chi connectivity index (χ0) is 19.6. The topological polar surface area (TPSA) is 63.4 Å². The molecule has 1 aromatic heterocycles. The Morgan fingerprint density at radius 3 is 2.50 bits per heavy atom. The number of sulfonamides is 1. The van der Waals surface area contributed by atoms with E-state index in [0.717, 1.165) is 42.3 Å². The van der Waals surface area contributed by atoms with Crippen molar-refractivity contribution in [3.8, 4) is 0 Å². The van der Waals surface area contributed by atoms with E-state index in [-0.39, 0.29) is 6.04 Å². The second kappa shape index (κ2) is 8.27. The van der Waals surface area contributed by atoms with E-state index in [1.54, 1.807) is 23.5 Å². The van der Waals surface area contributed by atoms with E-state index in [1.807, 2.05) is 36.4 Å². The van der Waals surface area contributed by atoms with Crippen molar-refractivity contribution in [1.29, 1.82) is 0 Å². The first kappa shape index (κ1) is 19.5. The molecule has 0 bridgehead atoms. The van der Waals surface area contributed by atoms with Gasteiger partial charge < -0.3 is 4.42 Å². The van der Waals surface area contributed by atoms with E-state index in [2.05, 4.69) is 4.98 Å². The molecule has 3 aromatic rings. The van der Waals surface area contributed by atoms with Crippen molar-refractivity contribution in [1.82, 2.24) is 9.29 Å². The van der Waals surface area contributed by atoms with Crippen molar-refractivity contribution < 1.29 is 12.8 Å². The number of aromatic nitrogens is 1. The lowest BCUT2D eigenvalue weighted by atomic mass is 9.96. The Labute approximate surface area is 170 Å². The van der Waals surface area contributed by atoms with Crippen molar-refractivity contribution in [2.45, 2.75) is 54.0 Å². The van der Waals surface area contributed by atoms with E-state index in [4.69, 9.17) is 4.42 Å². The summed E-state index contributed by atoms with van der Waals surface area (Å²) in [6.45, 7) is 0. The fourth-order valence-electron chi connectivity index (χ4n) is 3.62. The maximum absolute atomic E-state index is 12.9. The fourth-order valence-corrected chi connectivity index (χ4v) is 5.83. The number of nitrogens with zero attached hydrogens (tertiary/aromatic N) is 2. The van der Waals surface area contributed by atoms with Crippen LogP contribution in [-0.2, 0) is 15.8 Å². The van der Waals surface area contributed by atoms with Crippen LogP contribution in [0.3, 0.4) is 0 Å². The van der Waals surface area contributed by atoms with Crippen molar-refractivity contribution in [2.75, 3.05) is 7.05 Å². The first-order chi connectivity index (χ1) is 13.5. The van der Waals surface area contributed by atoms with Crippen LogP contribution in [0.25, 0.3) is 11.1 Å². The van der Waals surface area contributed by atoms with Gasteiger partial charge in [-0.15, -0.1) is 0 Å². The van der Waals surface area contributed by atoms with E-state index in [1.165, 1.54) is 18.2 Å². The molecule has 4 rings (SSSR count). The van der Waals surface area contributed by atoms with Gasteiger partial charge >= 0.3 is 0 Å². The summed E-state index contributed by atoms with van der Waals surface area (Å²) in [7, 11) is -1.73. The lowest BCUT2D eigenvalue weighted by molar-refractivity contribution is 0.286. The maximum Gasteiger partial charge on any atom is 0.257 e. The minimum atomic E-state index is -3.44. The molecule has 1 aliphatic rings. The number of oxazole rings is 1. The number of fused-ring (bicyclic) bond motifs is 1. The van der Waals surface area contributed by atoms with Gasteiger partial charge in [-0.25, -0.2) is 13.4 Å². The summed E-state index contributed by atoms with van der Waals surface area (Å²) in [5.41, 5.74) is 2.65. The zero-order valence-corrected chi connectivity index (χ0v) is 17.5. The monoisotopic (exact) mass is 416 g/mol. The number of rotatable bonds is 6. The minimum absolute atomic E-state index is 0.119. The van der Waals surface area contributed by atoms with Crippen molar-refractivity contribution >= 4 is 32.9 Å². The largest absolute Gasteiger partial charge is 0.431 e. The maximum atomic E-state index is 12.9. The van der Waals surface area contributed by atoms with Crippen molar-refractivity contribution in [2.24, 2.45) is 0 Å². The second-order valence-electron chi connectivity index (χ2n) is 7.19. The van der Waals surface area contributed by atoms with Gasteiger partial charge in [-0.2, -0.15) is 4.31 Å². The highest BCUT2D eigenvalue weighted by molar-refractivity contribution is 7.98. The molecule has 2 aromatic carbocycles. The predicted octanol–water partition coefficient (Wildman–Crippen LogP) is 5.07. The third kappa shape index (κ3) is 4.11. The molecule has 5 nitrogen and oxygen atoms in total. The summed E-state index contributed by atoms with van der Waals surface area (Å²) in [4.78, 5) is 4.81. The van der Waals surface area contributed by atoms with E-state index in [0.29, 0.717) is 15.9 Å². The summed E-state index contributed by atoms with van der Waals surface area (Å²) in [6, 6.07) is 14.9. The summed E-state index contributed by atoms with van der Waals surface area (Å²) in [5.74, 6) is 0.672. The molecule has 0 aliphatic heterocycles. The Kier molecular flexibility index (Phi) is 5.75. The van der Waals surface area contributed by atoms with Gasteiger partial charge in [-0.05, 0) is 42.7 Å². The normalized spacial score (nSPS) is 16.1. The van der Waals surface area contributed by atoms with Gasteiger partial charge in [0.1, 0.15) is 5.52 Å². The highest BCUT2D eigenvalue weighted by atomic mass is 32.2. The number of hydrogen-bond donors (Lipinski definition) is 0. The molecule has 0 unspecified atom stereocenters. The van der Waals surface area contributed by atoms with Crippen LogP contribution in [0.15, 0.2) is 63.1 Å². The molecular formula is C21H24N2O3S2. The Balaban J connectivity index is 1.42. The zero-order valence-electron chi connectivity index (χ0n) is 15.9. The molecule has 1 heterocycles. The third-order valence-corrected chi connectivity index (χ3v) is 8.15. The number of benzene rings is 2. The van der Waals surface area contributed by atoms with E-state index in [9.17, 15) is 8.42 Å². The smallest absolute Gasteiger partial charge is 0.257 e. The van der Waals surface area contributed by atoms with E-state index >= 15 is 0 Å². The predicted molar refractivity (Wildman–Crippen MR) is 112 cm³/mol. The molecule has 1 fully saturated rings. The number of hydrogen-bond acceptors (Lipinski definition) is 5. The van der Waals surface area contributed by atoms with Crippen molar-refractivity contribution in [3.63, 3.8) is 0 Å². The quantitative estimate of drug-likeness (QED) is 0.525. The average Bonchev–Trinajstić information content (AvgIpc) is 3.15. The van der Waals surface area contributed by atoms with Gasteiger partial charge in [0.05, 0.1) is 4.90 Å². The molecule has 0 atom stereocenters. The van der Waals surface area contributed by atoms with Gasteiger partial charge in [0.25, 0.3) is 5.22 Å². The highest BCUT2D eigenvalue weighted by Gasteiger charge is 2.28. The Hall–Kier alpha value is -1.83. The molecule has 0 radical (unpaired) electrons. The van der Waals surface area contributed by atoms with Crippen LogP contribution in [0.1, 0.15) is 37.7 Å². The standard InChI is InChI=1S/C21H24N2O3S2/c1-23(17-7-3-2-4-8-17)28(24,25)18-13-11-16(12-14-18)15-27-21-22-19-9-5-6-10-20(19)26-21/h5-6,9-14,17H,2-4,7-8,15H2,1H3. The van der Waals surface area contributed by atoms with Crippen LogP contribution < -0.4 is 0 Å². The second-order valence-corrected chi connectivity index (χ2v) is 10.1. The summed E-state index contributed by atoms with van der Waals surface area (Å²) >= 11 is 1.50. The first-order valence-electron chi connectivity index (χ1n) is 9.59. The first-order valence-corrected chi connectivity index (χ1v) is 12.0. The average molecular weight is 417 g/mol. The number of para-hydroxylation sites is 2. The summed E-state index contributed by atoms with van der Waals surface area (Å²) < 4.78 is 33.1. The molecule has 1 saturated carbocycles. The lowest BCUT2D eigenvalue weighted by Gasteiger charge is -2.30. The molecule has 0 N–H and O–H groups in total. The molecular weight excluding hydrogens is 392 g/mol. The van der Waals surface area contributed by atoms with Crippen LogP contribution in [-0.4, -0.2) is 30.8 Å². The van der Waals surface area contributed by atoms with Crippen LogP contribution in [0.4, 0.5) is 0 Å². The Bertz CT molecular complexity index is 1010. The molecule has 28 heavy (non-hydrogen) atoms. The Morgan fingerprint density at radius 1 is 1.07 bits per heavy atom. The molecule has 0 spiro atoms. The van der Waals surface area contributed by atoms with Crippen LogP contribution in [0.5, 0.6) is 0 Å². The molecule has 1 aliphatic carbocycles. The van der Waals surface area contributed by atoms with E-state index < -0.39 is 10.0 Å². The molecule has 148 valence electrons. The van der Waals surface area contributed by atoms with Gasteiger partial charge in [0, 0.05) is 18.8 Å². The van der Waals surface area contributed by atoms with Gasteiger partial charge in [0.2, 0.25) is 10.0 Å². The van der Waals surface area contributed by atoms with Gasteiger partial charge in [-0.3, -0.25) is 0 Å². The summed E-state index contributed by atoms with van der Waals surface area (Å²) in [6.07, 6.45) is 5.33.